The van der Waals surface area contributed by atoms with Crippen LogP contribution >= 0.6 is 15.9 Å². The number of anilines is 1. The highest BCUT2D eigenvalue weighted by Gasteiger charge is 2.01. The third kappa shape index (κ3) is 1.73. The number of hydrogen-bond acceptors (Lipinski definition) is 5. The zero-order chi connectivity index (χ0) is 9.97. The SMILES string of the molecule is NNc1cncc(-n2cc(Br)cn2)n1. The molecule has 2 aromatic rings. The molecular weight excluding hydrogens is 248 g/mol. The molecule has 14 heavy (non-hydrogen) atoms. The first-order valence-corrected chi connectivity index (χ1v) is 4.58. The minimum atomic E-state index is 0.495. The van der Waals surface area contributed by atoms with E-state index < -0.39 is 0 Å². The Bertz CT molecular complexity index is 439. The zero-order valence-corrected chi connectivity index (χ0v) is 8.64. The second-order valence-electron chi connectivity index (χ2n) is 2.51. The summed E-state index contributed by atoms with van der Waals surface area (Å²) in [6.07, 6.45) is 6.58. The monoisotopic (exact) mass is 254 g/mol. The highest BCUT2D eigenvalue weighted by Crippen LogP contribution is 2.10. The van der Waals surface area contributed by atoms with Gasteiger partial charge in [-0.25, -0.2) is 15.5 Å². The van der Waals surface area contributed by atoms with Crippen molar-refractivity contribution in [2.45, 2.75) is 0 Å². The number of aromatic nitrogens is 4. The van der Waals surface area contributed by atoms with Gasteiger partial charge < -0.3 is 5.43 Å². The van der Waals surface area contributed by atoms with Gasteiger partial charge in [-0.15, -0.1) is 0 Å². The van der Waals surface area contributed by atoms with Gasteiger partial charge in [-0.3, -0.25) is 4.98 Å². The molecule has 0 radical (unpaired) electrons. The van der Waals surface area contributed by atoms with Crippen LogP contribution in [0.5, 0.6) is 0 Å². The van der Waals surface area contributed by atoms with Crippen LogP contribution in [0.25, 0.3) is 5.82 Å². The lowest BCUT2D eigenvalue weighted by Gasteiger charge is -2.01. The summed E-state index contributed by atoms with van der Waals surface area (Å²) in [5.74, 6) is 6.31. The van der Waals surface area contributed by atoms with E-state index in [0.717, 1.165) is 4.47 Å². The van der Waals surface area contributed by atoms with E-state index in [1.165, 1.54) is 6.20 Å². The van der Waals surface area contributed by atoms with Crippen LogP contribution in [-0.4, -0.2) is 19.7 Å². The molecule has 2 aromatic heterocycles. The Balaban J connectivity index is 2.41. The minimum Gasteiger partial charge on any atom is -0.307 e. The van der Waals surface area contributed by atoms with Gasteiger partial charge in [-0.05, 0) is 15.9 Å². The van der Waals surface area contributed by atoms with Gasteiger partial charge in [0.15, 0.2) is 11.6 Å². The van der Waals surface area contributed by atoms with Crippen molar-refractivity contribution >= 4 is 21.7 Å². The van der Waals surface area contributed by atoms with Crippen molar-refractivity contribution in [2.75, 3.05) is 5.43 Å². The summed E-state index contributed by atoms with van der Waals surface area (Å²) in [7, 11) is 0. The Kier molecular flexibility index (Phi) is 2.42. The van der Waals surface area contributed by atoms with Crippen LogP contribution in [0.3, 0.4) is 0 Å². The summed E-state index contributed by atoms with van der Waals surface area (Å²) in [6.45, 7) is 0. The fourth-order valence-corrected chi connectivity index (χ4v) is 1.25. The Labute approximate surface area is 88.3 Å². The lowest BCUT2D eigenvalue weighted by Crippen LogP contribution is -2.10. The molecule has 7 heteroatoms. The minimum absolute atomic E-state index is 0.495. The van der Waals surface area contributed by atoms with Gasteiger partial charge in [0.1, 0.15) is 0 Å². The van der Waals surface area contributed by atoms with Crippen molar-refractivity contribution in [2.24, 2.45) is 5.84 Å². The first kappa shape index (κ1) is 9.10. The van der Waals surface area contributed by atoms with E-state index in [-0.39, 0.29) is 0 Å². The normalized spacial score (nSPS) is 10.1. The summed E-state index contributed by atoms with van der Waals surface area (Å²) in [5.41, 5.74) is 2.42. The van der Waals surface area contributed by atoms with Crippen LogP contribution in [0, 0.1) is 0 Å². The van der Waals surface area contributed by atoms with Crippen molar-refractivity contribution in [1.29, 1.82) is 0 Å². The average Bonchev–Trinajstić information content (AvgIpc) is 2.65. The maximum atomic E-state index is 5.21. The summed E-state index contributed by atoms with van der Waals surface area (Å²) in [4.78, 5) is 8.12. The van der Waals surface area contributed by atoms with Gasteiger partial charge in [0.05, 0.1) is 23.1 Å². The van der Waals surface area contributed by atoms with Gasteiger partial charge in [0, 0.05) is 6.20 Å². The summed E-state index contributed by atoms with van der Waals surface area (Å²) in [6, 6.07) is 0. The van der Waals surface area contributed by atoms with Gasteiger partial charge in [-0.1, -0.05) is 0 Å². The highest BCUT2D eigenvalue weighted by atomic mass is 79.9. The number of hydrogen-bond donors (Lipinski definition) is 2. The molecule has 0 amide bonds. The van der Waals surface area contributed by atoms with E-state index in [4.69, 9.17) is 5.84 Å². The van der Waals surface area contributed by atoms with Gasteiger partial charge in [0.2, 0.25) is 0 Å². The van der Waals surface area contributed by atoms with E-state index in [9.17, 15) is 0 Å². The molecule has 0 saturated carbocycles. The molecule has 0 saturated heterocycles. The fraction of sp³-hybridized carbons (Fsp3) is 0. The van der Waals surface area contributed by atoms with E-state index >= 15 is 0 Å². The topological polar surface area (TPSA) is 81.6 Å². The first-order chi connectivity index (χ1) is 6.79. The second kappa shape index (κ2) is 3.72. The molecule has 0 aliphatic heterocycles. The molecule has 2 heterocycles. The molecular formula is C7H7BrN6. The number of nitrogen functional groups attached to an aromatic ring is 1. The van der Waals surface area contributed by atoms with Gasteiger partial charge in [0.25, 0.3) is 0 Å². The third-order valence-corrected chi connectivity index (χ3v) is 1.97. The molecule has 6 nitrogen and oxygen atoms in total. The molecule has 0 aromatic carbocycles. The van der Waals surface area contributed by atoms with E-state index in [1.54, 1.807) is 23.3 Å². The predicted octanol–water partition coefficient (Wildman–Crippen LogP) is 0.710. The molecule has 0 spiro atoms. The lowest BCUT2D eigenvalue weighted by molar-refractivity contribution is 0.838. The summed E-state index contributed by atoms with van der Waals surface area (Å²) >= 11 is 3.29. The maximum Gasteiger partial charge on any atom is 0.174 e. The summed E-state index contributed by atoms with van der Waals surface area (Å²) < 4.78 is 2.48. The van der Waals surface area contributed by atoms with Gasteiger partial charge in [-0.2, -0.15) is 5.10 Å². The molecule has 0 bridgehead atoms. The highest BCUT2D eigenvalue weighted by molar-refractivity contribution is 9.10. The first-order valence-electron chi connectivity index (χ1n) is 3.79. The Hall–Kier alpha value is -1.47. The van der Waals surface area contributed by atoms with Crippen LogP contribution in [0.1, 0.15) is 0 Å². The zero-order valence-electron chi connectivity index (χ0n) is 7.05. The van der Waals surface area contributed by atoms with Crippen LogP contribution in [0.2, 0.25) is 0 Å². The Morgan fingerprint density at radius 3 is 2.86 bits per heavy atom. The number of halogens is 1. The third-order valence-electron chi connectivity index (χ3n) is 1.56. The van der Waals surface area contributed by atoms with Crippen molar-refractivity contribution in [1.82, 2.24) is 19.7 Å². The molecule has 0 atom stereocenters. The molecule has 3 N–H and O–H groups in total. The molecule has 0 fully saturated rings. The number of nitrogens with one attached hydrogen (secondary N) is 1. The quantitative estimate of drug-likeness (QED) is 0.610. The second-order valence-corrected chi connectivity index (χ2v) is 3.43. The standard InChI is InChI=1S/C7H7BrN6/c8-5-1-11-14(4-5)7-3-10-2-6(12-7)13-9/h1-4H,9H2,(H,12,13). The number of nitrogens with zero attached hydrogens (tertiary/aromatic N) is 4. The molecule has 2 rings (SSSR count). The molecule has 0 aliphatic carbocycles. The average molecular weight is 255 g/mol. The van der Waals surface area contributed by atoms with E-state index in [2.05, 4.69) is 36.4 Å². The Morgan fingerprint density at radius 1 is 1.36 bits per heavy atom. The van der Waals surface area contributed by atoms with Crippen LogP contribution < -0.4 is 11.3 Å². The number of hydrazine groups is 1. The Morgan fingerprint density at radius 2 is 2.21 bits per heavy atom. The lowest BCUT2D eigenvalue weighted by atomic mass is 10.6. The van der Waals surface area contributed by atoms with Crippen molar-refractivity contribution in [3.63, 3.8) is 0 Å². The van der Waals surface area contributed by atoms with Crippen molar-refractivity contribution < 1.29 is 0 Å². The van der Waals surface area contributed by atoms with Crippen LogP contribution in [0.4, 0.5) is 5.82 Å². The maximum absolute atomic E-state index is 5.21. The van der Waals surface area contributed by atoms with E-state index in [0.29, 0.717) is 11.6 Å². The van der Waals surface area contributed by atoms with E-state index in [1.807, 2.05) is 0 Å². The summed E-state index contributed by atoms with van der Waals surface area (Å²) in [5, 5.41) is 4.06. The van der Waals surface area contributed by atoms with Crippen LogP contribution in [0.15, 0.2) is 29.3 Å². The number of rotatable bonds is 2. The van der Waals surface area contributed by atoms with Gasteiger partial charge >= 0.3 is 0 Å². The van der Waals surface area contributed by atoms with Crippen LogP contribution in [-0.2, 0) is 0 Å². The number of nitrogens with two attached hydrogens (primary N) is 1. The molecule has 0 aliphatic rings. The molecule has 72 valence electrons. The van der Waals surface area contributed by atoms with Crippen molar-refractivity contribution in [3.05, 3.63) is 29.3 Å². The largest absolute Gasteiger partial charge is 0.307 e. The predicted molar refractivity (Wildman–Crippen MR) is 54.7 cm³/mol. The molecule has 0 unspecified atom stereocenters. The fourth-order valence-electron chi connectivity index (χ4n) is 0.962. The smallest absolute Gasteiger partial charge is 0.174 e. The van der Waals surface area contributed by atoms with Crippen molar-refractivity contribution in [3.8, 4) is 5.82 Å².